The third kappa shape index (κ3) is 9.75. The molecule has 10 heteroatoms. The van der Waals surface area contributed by atoms with E-state index in [2.05, 4.69) is 46.9 Å². The van der Waals surface area contributed by atoms with Crippen LogP contribution in [0.25, 0.3) is 0 Å². The zero-order valence-electron chi connectivity index (χ0n) is 27.4. The van der Waals surface area contributed by atoms with Crippen LogP contribution in [0.3, 0.4) is 0 Å². The van der Waals surface area contributed by atoms with Crippen molar-refractivity contribution in [3.63, 3.8) is 0 Å². The van der Waals surface area contributed by atoms with Gasteiger partial charge >= 0.3 is 5.97 Å². The maximum atomic E-state index is 13.5. The number of rotatable bonds is 14. The van der Waals surface area contributed by atoms with Gasteiger partial charge in [-0.3, -0.25) is 4.79 Å². The molecule has 44 heavy (non-hydrogen) atoms. The number of allylic oxidation sites excluding steroid dienone is 1. The van der Waals surface area contributed by atoms with Crippen molar-refractivity contribution in [3.8, 4) is 5.75 Å². The van der Waals surface area contributed by atoms with E-state index in [-0.39, 0.29) is 28.6 Å². The summed E-state index contributed by atoms with van der Waals surface area (Å²) in [6, 6.07) is 15.3. The van der Waals surface area contributed by atoms with Crippen LogP contribution in [0.1, 0.15) is 71.7 Å². The fourth-order valence-corrected chi connectivity index (χ4v) is 8.09. The highest BCUT2D eigenvalue weighted by Gasteiger charge is 2.41. The van der Waals surface area contributed by atoms with E-state index >= 15 is 0 Å². The molecule has 0 saturated carbocycles. The Hall–Kier alpha value is -2.50. The summed E-state index contributed by atoms with van der Waals surface area (Å²) in [5.74, 6) is -0.116. The van der Waals surface area contributed by atoms with Crippen molar-refractivity contribution >= 4 is 24.1 Å². The summed E-state index contributed by atoms with van der Waals surface area (Å²) in [6.45, 7) is 13.4. The molecular weight excluding hydrogens is 597 g/mol. The minimum absolute atomic E-state index is 0.0629. The van der Waals surface area contributed by atoms with Crippen molar-refractivity contribution in [1.82, 2.24) is 0 Å². The summed E-state index contributed by atoms with van der Waals surface area (Å²) in [5, 5.41) is -1.24. The number of ether oxygens (including phenoxy) is 4. The topological polar surface area (TPSA) is 97.4 Å². The Kier molecular flexibility index (Phi) is 12.8. The minimum atomic E-state index is -4.01. The molecule has 1 heterocycles. The van der Waals surface area contributed by atoms with Crippen LogP contribution in [0.15, 0.2) is 71.6 Å². The zero-order chi connectivity index (χ0) is 32.5. The fraction of sp³-hybridized carbons (Fsp3) is 0.559. The normalized spacial score (nSPS) is 21.1. The Bertz CT molecular complexity index is 1320. The first kappa shape index (κ1) is 36.0. The molecule has 8 nitrogen and oxygen atoms in total. The maximum Gasteiger partial charge on any atom is 0.324 e. The highest BCUT2D eigenvalue weighted by atomic mass is 32.2. The highest BCUT2D eigenvalue weighted by Crippen LogP contribution is 2.38. The SMILES string of the molecule is COC(=O)C(C[C@@H]1C[C@H](/C=C\CCC[C@H](C)O[Si](C)(C)C(C)(C)C)O[C@H](c2ccc(OC)cc2)O1)S(=O)(=O)c1ccccc1. The van der Waals surface area contributed by atoms with Crippen LogP contribution in [0.4, 0.5) is 0 Å². The summed E-state index contributed by atoms with van der Waals surface area (Å²) in [7, 11) is -3.03. The average molecular weight is 647 g/mol. The van der Waals surface area contributed by atoms with Gasteiger partial charge in [-0.1, -0.05) is 63.3 Å². The third-order valence-electron chi connectivity index (χ3n) is 8.52. The van der Waals surface area contributed by atoms with Gasteiger partial charge in [0.2, 0.25) is 0 Å². The lowest BCUT2D eigenvalue weighted by Gasteiger charge is -2.38. The van der Waals surface area contributed by atoms with Gasteiger partial charge in [-0.2, -0.15) is 0 Å². The number of carbonyl (C=O) groups is 1. The third-order valence-corrected chi connectivity index (χ3v) is 15.2. The predicted molar refractivity (Wildman–Crippen MR) is 175 cm³/mol. The van der Waals surface area contributed by atoms with Gasteiger partial charge in [-0.15, -0.1) is 0 Å². The molecule has 244 valence electrons. The molecule has 1 unspecified atom stereocenters. The smallest absolute Gasteiger partial charge is 0.324 e. The second kappa shape index (κ2) is 15.7. The lowest BCUT2D eigenvalue weighted by atomic mass is 10.0. The van der Waals surface area contributed by atoms with Crippen molar-refractivity contribution in [2.75, 3.05) is 14.2 Å². The minimum Gasteiger partial charge on any atom is -0.497 e. The van der Waals surface area contributed by atoms with Gasteiger partial charge in [-0.05, 0) is 68.6 Å². The van der Waals surface area contributed by atoms with E-state index in [1.54, 1.807) is 25.3 Å². The number of methoxy groups -OCH3 is 2. The van der Waals surface area contributed by atoms with Crippen LogP contribution in [0.5, 0.6) is 5.75 Å². The van der Waals surface area contributed by atoms with Crippen molar-refractivity contribution in [2.45, 2.75) is 113 Å². The zero-order valence-corrected chi connectivity index (χ0v) is 29.3. The second-order valence-corrected chi connectivity index (χ2v) is 19.8. The molecular formula is C34H50O8SSi. The van der Waals surface area contributed by atoms with Crippen molar-refractivity contribution in [2.24, 2.45) is 0 Å². The van der Waals surface area contributed by atoms with E-state index in [9.17, 15) is 13.2 Å². The molecule has 2 aromatic rings. The number of esters is 1. The Balaban J connectivity index is 1.74. The van der Waals surface area contributed by atoms with Crippen LogP contribution in [0.2, 0.25) is 18.1 Å². The quantitative estimate of drug-likeness (QED) is 0.0906. The summed E-state index contributed by atoms with van der Waals surface area (Å²) >= 11 is 0. The Morgan fingerprint density at radius 2 is 1.70 bits per heavy atom. The standard InChI is InChI=1S/C34H50O8SSi/c1-25(42-44(7,8)34(2,3)4)15-11-9-12-16-28-23-29(41-33(40-28)26-19-21-27(38-5)22-20-26)24-31(32(35)39-6)43(36,37)30-17-13-10-14-18-30/h10,12-14,16-22,25,28-29,31,33H,9,11,15,23-24H2,1-8H3/b16-12-/t25-,28-,29-,31?,33-/m0/s1. The van der Waals surface area contributed by atoms with Crippen LogP contribution in [0, 0.1) is 0 Å². The summed E-state index contributed by atoms with van der Waals surface area (Å²) in [5.41, 5.74) is 0.769. The molecule has 0 amide bonds. The van der Waals surface area contributed by atoms with Gasteiger partial charge in [0, 0.05) is 24.5 Å². The second-order valence-electron chi connectivity index (χ2n) is 12.9. The summed E-state index contributed by atoms with van der Waals surface area (Å²) < 4.78 is 56.4. The van der Waals surface area contributed by atoms with Crippen LogP contribution < -0.4 is 4.74 Å². The molecule has 3 rings (SSSR count). The average Bonchev–Trinajstić information content (AvgIpc) is 2.98. The van der Waals surface area contributed by atoms with E-state index in [0.29, 0.717) is 12.2 Å². The lowest BCUT2D eigenvalue weighted by Crippen LogP contribution is -2.43. The van der Waals surface area contributed by atoms with Gasteiger partial charge in [0.25, 0.3) is 0 Å². The van der Waals surface area contributed by atoms with E-state index in [1.807, 2.05) is 30.3 Å². The van der Waals surface area contributed by atoms with Crippen molar-refractivity contribution < 1.29 is 36.6 Å². The Morgan fingerprint density at radius 3 is 2.30 bits per heavy atom. The molecule has 1 aliphatic rings. The number of carbonyl (C=O) groups excluding carboxylic acids is 1. The molecule has 0 aliphatic carbocycles. The van der Waals surface area contributed by atoms with Crippen LogP contribution in [-0.2, 0) is 33.3 Å². The van der Waals surface area contributed by atoms with Crippen LogP contribution >= 0.6 is 0 Å². The van der Waals surface area contributed by atoms with Crippen molar-refractivity contribution in [1.29, 1.82) is 0 Å². The van der Waals surface area contributed by atoms with E-state index < -0.39 is 41.8 Å². The van der Waals surface area contributed by atoms with Crippen molar-refractivity contribution in [3.05, 3.63) is 72.3 Å². The molecule has 1 fully saturated rings. The van der Waals surface area contributed by atoms with Gasteiger partial charge in [-0.25, -0.2) is 8.42 Å². The van der Waals surface area contributed by atoms with Gasteiger partial charge in [0.1, 0.15) is 5.75 Å². The van der Waals surface area contributed by atoms with Crippen LogP contribution in [-0.4, -0.2) is 60.5 Å². The fourth-order valence-electron chi connectivity index (χ4n) is 4.93. The Morgan fingerprint density at radius 1 is 1.05 bits per heavy atom. The largest absolute Gasteiger partial charge is 0.497 e. The molecule has 0 bridgehead atoms. The molecule has 0 N–H and O–H groups in total. The van der Waals surface area contributed by atoms with E-state index in [4.69, 9.17) is 23.4 Å². The molecule has 1 aliphatic heterocycles. The Labute approximate surface area is 265 Å². The number of sulfone groups is 1. The van der Waals surface area contributed by atoms with E-state index in [1.165, 1.54) is 19.2 Å². The van der Waals surface area contributed by atoms with Gasteiger partial charge < -0.3 is 23.4 Å². The number of benzene rings is 2. The first-order valence-electron chi connectivity index (χ1n) is 15.3. The molecule has 2 aromatic carbocycles. The summed E-state index contributed by atoms with van der Waals surface area (Å²) in [4.78, 5) is 12.9. The van der Waals surface area contributed by atoms with Gasteiger partial charge in [0.05, 0.1) is 31.3 Å². The molecule has 0 spiro atoms. The van der Waals surface area contributed by atoms with Gasteiger partial charge in [0.15, 0.2) is 29.7 Å². The molecule has 0 radical (unpaired) electrons. The first-order chi connectivity index (χ1) is 20.7. The molecule has 1 saturated heterocycles. The first-order valence-corrected chi connectivity index (χ1v) is 19.8. The molecule has 0 aromatic heterocycles. The predicted octanol–water partition coefficient (Wildman–Crippen LogP) is 7.41. The maximum absolute atomic E-state index is 13.5. The number of unbranched alkanes of at least 4 members (excludes halogenated alkanes) is 1. The number of hydrogen-bond acceptors (Lipinski definition) is 8. The number of hydrogen-bond donors (Lipinski definition) is 0. The lowest BCUT2D eigenvalue weighted by molar-refractivity contribution is -0.238. The summed E-state index contributed by atoms with van der Waals surface area (Å²) in [6.07, 6.45) is 5.78. The highest BCUT2D eigenvalue weighted by molar-refractivity contribution is 7.92. The van der Waals surface area contributed by atoms with E-state index in [0.717, 1.165) is 24.8 Å². The monoisotopic (exact) mass is 646 g/mol. The molecule has 5 atom stereocenters.